The summed E-state index contributed by atoms with van der Waals surface area (Å²) in [6.45, 7) is 1.66. The fourth-order valence-electron chi connectivity index (χ4n) is 3.01. The number of nitrogens with zero attached hydrogens (tertiary/aromatic N) is 4. The number of ether oxygens (including phenoxy) is 1. The predicted octanol–water partition coefficient (Wildman–Crippen LogP) is 3.16. The molecule has 1 fully saturated rings. The summed E-state index contributed by atoms with van der Waals surface area (Å²) in [7, 11) is 0. The van der Waals surface area contributed by atoms with Crippen molar-refractivity contribution >= 4 is 24.0 Å². The third-order valence-corrected chi connectivity index (χ3v) is 4.51. The molecule has 3 aromatic rings. The molecule has 0 saturated carbocycles. The molecule has 0 radical (unpaired) electrons. The van der Waals surface area contributed by atoms with Gasteiger partial charge in [0.1, 0.15) is 5.82 Å². The lowest BCUT2D eigenvalue weighted by molar-refractivity contribution is -0.145. The van der Waals surface area contributed by atoms with E-state index in [2.05, 4.69) is 25.7 Å². The van der Waals surface area contributed by atoms with Gasteiger partial charge in [0.25, 0.3) is 5.91 Å². The van der Waals surface area contributed by atoms with Crippen LogP contribution in [0, 0.1) is 5.82 Å². The Labute approximate surface area is 185 Å². The molecular formula is C19H17ClF4N6O2. The predicted molar refractivity (Wildman–Crippen MR) is 107 cm³/mol. The third-order valence-electron chi connectivity index (χ3n) is 4.51. The molecule has 170 valence electrons. The van der Waals surface area contributed by atoms with Gasteiger partial charge in [0.2, 0.25) is 5.82 Å². The van der Waals surface area contributed by atoms with Crippen LogP contribution in [0.25, 0.3) is 5.82 Å². The maximum atomic E-state index is 14.5. The molecule has 0 bridgehead atoms. The molecule has 2 N–H and O–H groups in total. The monoisotopic (exact) mass is 472 g/mol. The van der Waals surface area contributed by atoms with Gasteiger partial charge in [0, 0.05) is 42.8 Å². The Morgan fingerprint density at radius 2 is 2.09 bits per heavy atom. The summed E-state index contributed by atoms with van der Waals surface area (Å²) in [5.74, 6) is -2.61. The molecule has 0 spiro atoms. The minimum absolute atomic E-state index is 0. The number of amides is 1. The number of hydrogen-bond donors (Lipinski definition) is 2. The van der Waals surface area contributed by atoms with Crippen molar-refractivity contribution in [1.82, 2.24) is 25.1 Å². The lowest BCUT2D eigenvalue weighted by atomic mass is 10.1. The maximum absolute atomic E-state index is 14.5. The fourth-order valence-corrected chi connectivity index (χ4v) is 3.01. The smallest absolute Gasteiger partial charge is 0.371 e. The van der Waals surface area contributed by atoms with Gasteiger partial charge in [0.15, 0.2) is 5.82 Å². The summed E-state index contributed by atoms with van der Waals surface area (Å²) >= 11 is 0. The van der Waals surface area contributed by atoms with Crippen molar-refractivity contribution in [1.29, 1.82) is 0 Å². The largest absolute Gasteiger partial charge is 0.451 e. The molecule has 1 aliphatic rings. The highest BCUT2D eigenvalue weighted by molar-refractivity contribution is 6.04. The van der Waals surface area contributed by atoms with Gasteiger partial charge in [0.05, 0.1) is 24.5 Å². The molecule has 8 nitrogen and oxygen atoms in total. The number of rotatable bonds is 4. The number of halogens is 5. The van der Waals surface area contributed by atoms with E-state index in [-0.39, 0.29) is 29.5 Å². The van der Waals surface area contributed by atoms with E-state index in [0.29, 0.717) is 25.3 Å². The van der Waals surface area contributed by atoms with Crippen molar-refractivity contribution < 1.29 is 27.1 Å². The number of carbonyl (C=O) groups is 1. The lowest BCUT2D eigenvalue weighted by Gasteiger charge is -2.24. The number of alkyl halides is 3. The summed E-state index contributed by atoms with van der Waals surface area (Å²) in [4.78, 5) is 19.0. The van der Waals surface area contributed by atoms with Crippen LogP contribution in [0.5, 0.6) is 0 Å². The normalized spacial score (nSPS) is 16.3. The average Bonchev–Trinajstić information content (AvgIpc) is 3.25. The zero-order chi connectivity index (χ0) is 22.0. The molecule has 1 amide bonds. The summed E-state index contributed by atoms with van der Waals surface area (Å²) < 4.78 is 59.3. The topological polar surface area (TPSA) is 94.0 Å². The van der Waals surface area contributed by atoms with E-state index in [1.165, 1.54) is 24.4 Å². The van der Waals surface area contributed by atoms with Crippen LogP contribution >= 0.6 is 12.4 Å². The second-order valence-electron chi connectivity index (χ2n) is 6.66. The molecule has 1 saturated heterocycles. The van der Waals surface area contributed by atoms with Gasteiger partial charge in [-0.05, 0) is 12.1 Å². The molecule has 1 aliphatic heterocycles. The van der Waals surface area contributed by atoms with Crippen LogP contribution in [0.1, 0.15) is 27.8 Å². The first-order valence-corrected chi connectivity index (χ1v) is 9.19. The van der Waals surface area contributed by atoms with Gasteiger partial charge in [-0.15, -0.1) is 12.4 Å². The van der Waals surface area contributed by atoms with E-state index in [9.17, 15) is 22.4 Å². The van der Waals surface area contributed by atoms with E-state index in [0.717, 1.165) is 17.1 Å². The standard InChI is InChI=1S/C19H16F4N6O2.ClH/c20-14-7-12(1-2-13(14)15-9-24-5-6-31-15)27-17(30)11-8-26-29(10-11)16-3-4-25-18(28-16)19(21,22)23;/h1-4,7-8,10,15,24H,5-6,9H2,(H,27,30);1H/t15-;/m1./s1. The molecule has 1 atom stereocenters. The van der Waals surface area contributed by atoms with Crippen LogP contribution in [0.3, 0.4) is 0 Å². The molecule has 0 aliphatic carbocycles. The number of morpholine rings is 1. The van der Waals surface area contributed by atoms with Crippen molar-refractivity contribution in [2.45, 2.75) is 12.3 Å². The number of hydrogen-bond acceptors (Lipinski definition) is 6. The average molecular weight is 473 g/mol. The molecule has 2 aromatic heterocycles. The number of carbonyl (C=O) groups excluding carboxylic acids is 1. The highest BCUT2D eigenvalue weighted by atomic mass is 35.5. The molecule has 4 rings (SSSR count). The van der Waals surface area contributed by atoms with Gasteiger partial charge in [-0.3, -0.25) is 4.79 Å². The third kappa shape index (κ3) is 5.21. The molecule has 3 heterocycles. The zero-order valence-electron chi connectivity index (χ0n) is 16.3. The number of nitrogens with one attached hydrogen (secondary N) is 2. The summed E-state index contributed by atoms with van der Waals surface area (Å²) in [6.07, 6.45) is -1.80. The Morgan fingerprint density at radius 1 is 1.28 bits per heavy atom. The van der Waals surface area contributed by atoms with Crippen LogP contribution < -0.4 is 10.6 Å². The van der Waals surface area contributed by atoms with Gasteiger partial charge in [-0.25, -0.2) is 19.0 Å². The summed E-state index contributed by atoms with van der Waals surface area (Å²) in [6, 6.07) is 5.47. The number of aromatic nitrogens is 4. The molecule has 32 heavy (non-hydrogen) atoms. The Hall–Kier alpha value is -3.09. The molecule has 13 heteroatoms. The van der Waals surface area contributed by atoms with Crippen LogP contribution in [-0.4, -0.2) is 45.4 Å². The Kier molecular flexibility index (Phi) is 7.06. The lowest BCUT2D eigenvalue weighted by Crippen LogP contribution is -2.33. The van der Waals surface area contributed by atoms with Gasteiger partial charge in [-0.2, -0.15) is 18.3 Å². The van der Waals surface area contributed by atoms with E-state index >= 15 is 0 Å². The van der Waals surface area contributed by atoms with Gasteiger partial charge < -0.3 is 15.4 Å². The van der Waals surface area contributed by atoms with Crippen molar-refractivity contribution in [2.75, 3.05) is 25.0 Å². The van der Waals surface area contributed by atoms with Gasteiger partial charge >= 0.3 is 6.18 Å². The zero-order valence-corrected chi connectivity index (χ0v) is 17.1. The highest BCUT2D eigenvalue weighted by Gasteiger charge is 2.34. The molecule has 1 aromatic carbocycles. The highest BCUT2D eigenvalue weighted by Crippen LogP contribution is 2.26. The van der Waals surface area contributed by atoms with Crippen molar-refractivity contribution in [3.63, 3.8) is 0 Å². The SMILES string of the molecule is Cl.O=C(Nc1ccc([C@H]2CNCCO2)c(F)c1)c1cnn(-c2ccnc(C(F)(F)F)n2)c1. The Balaban J connectivity index is 0.00000289. The Bertz CT molecular complexity index is 1100. The van der Waals surface area contributed by atoms with E-state index < -0.39 is 29.8 Å². The number of anilines is 1. The van der Waals surface area contributed by atoms with Crippen LogP contribution in [0.15, 0.2) is 42.9 Å². The van der Waals surface area contributed by atoms with Crippen LogP contribution in [0.4, 0.5) is 23.2 Å². The van der Waals surface area contributed by atoms with Crippen molar-refractivity contribution in [3.05, 3.63) is 65.6 Å². The van der Waals surface area contributed by atoms with Crippen molar-refractivity contribution in [2.24, 2.45) is 0 Å². The second-order valence-corrected chi connectivity index (χ2v) is 6.66. The quantitative estimate of drug-likeness (QED) is 0.567. The molecular weight excluding hydrogens is 456 g/mol. The van der Waals surface area contributed by atoms with Gasteiger partial charge in [-0.1, -0.05) is 6.07 Å². The first-order chi connectivity index (χ1) is 14.8. The van der Waals surface area contributed by atoms with Crippen LogP contribution in [0.2, 0.25) is 0 Å². The van der Waals surface area contributed by atoms with E-state index in [4.69, 9.17) is 4.74 Å². The van der Waals surface area contributed by atoms with E-state index in [1.54, 1.807) is 6.07 Å². The van der Waals surface area contributed by atoms with Crippen LogP contribution in [-0.2, 0) is 10.9 Å². The molecule has 0 unspecified atom stereocenters. The minimum Gasteiger partial charge on any atom is -0.371 e. The number of benzene rings is 1. The first kappa shape index (κ1) is 23.6. The fraction of sp³-hybridized carbons (Fsp3) is 0.263. The van der Waals surface area contributed by atoms with Crippen molar-refractivity contribution in [3.8, 4) is 5.82 Å². The Morgan fingerprint density at radius 3 is 2.78 bits per heavy atom. The first-order valence-electron chi connectivity index (χ1n) is 9.19. The minimum atomic E-state index is -4.71. The second kappa shape index (κ2) is 9.59. The summed E-state index contributed by atoms with van der Waals surface area (Å²) in [5.41, 5.74) is 0.642. The van der Waals surface area contributed by atoms with E-state index in [1.807, 2.05) is 0 Å². The maximum Gasteiger partial charge on any atom is 0.451 e. The summed E-state index contributed by atoms with van der Waals surface area (Å²) in [5, 5.41) is 9.51.